The Bertz CT molecular complexity index is 442. The van der Waals surface area contributed by atoms with Crippen LogP contribution in [-0.2, 0) is 4.84 Å². The van der Waals surface area contributed by atoms with Gasteiger partial charge in [0.2, 0.25) is 0 Å². The van der Waals surface area contributed by atoms with Crippen molar-refractivity contribution in [3.63, 3.8) is 0 Å². The zero-order chi connectivity index (χ0) is 11.8. The van der Waals surface area contributed by atoms with E-state index in [9.17, 15) is 5.11 Å². The Kier molecular flexibility index (Phi) is 2.65. The number of hydrogen-bond donors (Lipinski definition) is 1. The molecular formula is C14H17NO2. The number of hydroxylamine groups is 1. The van der Waals surface area contributed by atoms with Gasteiger partial charge in [0.15, 0.2) is 0 Å². The molecule has 3 heteroatoms. The highest BCUT2D eigenvalue weighted by atomic mass is 16.7. The van der Waals surface area contributed by atoms with Crippen molar-refractivity contribution in [2.24, 2.45) is 0 Å². The molecule has 0 amide bonds. The van der Waals surface area contributed by atoms with Crippen molar-refractivity contribution in [3.05, 3.63) is 42.0 Å². The van der Waals surface area contributed by atoms with Gasteiger partial charge < -0.3 is 5.11 Å². The fourth-order valence-corrected chi connectivity index (χ4v) is 2.56. The Morgan fingerprint density at radius 1 is 1.29 bits per heavy atom. The maximum atomic E-state index is 9.81. The number of benzene rings is 1. The van der Waals surface area contributed by atoms with Crippen molar-refractivity contribution in [2.75, 3.05) is 5.06 Å². The number of aliphatic hydroxyl groups is 1. The Balaban J connectivity index is 1.97. The van der Waals surface area contributed by atoms with Gasteiger partial charge in [0.25, 0.3) is 0 Å². The van der Waals surface area contributed by atoms with E-state index in [-0.39, 0.29) is 6.10 Å². The molecule has 4 rings (SSSR count). The third-order valence-electron chi connectivity index (χ3n) is 3.47. The van der Waals surface area contributed by atoms with Gasteiger partial charge in [-0.05, 0) is 25.8 Å². The number of para-hydroxylation sites is 1. The minimum atomic E-state index is -0.473. The van der Waals surface area contributed by atoms with Gasteiger partial charge in [0, 0.05) is 5.56 Å². The third-order valence-corrected chi connectivity index (χ3v) is 3.47. The first-order valence-electron chi connectivity index (χ1n) is 6.17. The molecule has 3 aliphatic rings. The molecule has 1 aromatic rings. The molecule has 0 saturated carbocycles. The first-order chi connectivity index (χ1) is 8.25. The van der Waals surface area contributed by atoms with Crippen LogP contribution in [0, 0.1) is 0 Å². The summed E-state index contributed by atoms with van der Waals surface area (Å²) in [5.74, 6) is 0. The van der Waals surface area contributed by atoms with E-state index in [1.807, 2.05) is 29.3 Å². The number of aliphatic hydroxyl groups excluding tert-OH is 1. The maximum Gasteiger partial charge on any atom is 0.104 e. The van der Waals surface area contributed by atoms with Crippen LogP contribution in [0.4, 0.5) is 5.69 Å². The van der Waals surface area contributed by atoms with Crippen molar-refractivity contribution in [1.29, 1.82) is 0 Å². The smallest absolute Gasteiger partial charge is 0.104 e. The molecule has 1 saturated heterocycles. The monoisotopic (exact) mass is 231 g/mol. The summed E-state index contributed by atoms with van der Waals surface area (Å²) in [4.78, 5) is 5.90. The lowest BCUT2D eigenvalue weighted by Gasteiger charge is -2.42. The molecular weight excluding hydrogens is 214 g/mol. The Labute approximate surface area is 101 Å². The second kappa shape index (κ2) is 4.17. The molecule has 1 aromatic carbocycles. The molecule has 0 spiro atoms. The fourth-order valence-electron chi connectivity index (χ4n) is 2.56. The summed E-state index contributed by atoms with van der Waals surface area (Å²) in [6, 6.07) is 8.20. The molecule has 0 unspecified atom stereocenters. The van der Waals surface area contributed by atoms with Crippen LogP contribution >= 0.6 is 0 Å². The summed E-state index contributed by atoms with van der Waals surface area (Å²) in [5, 5.41) is 11.8. The van der Waals surface area contributed by atoms with Gasteiger partial charge in [0.1, 0.15) is 6.10 Å². The van der Waals surface area contributed by atoms with Crippen LogP contribution in [0.15, 0.2) is 36.4 Å². The van der Waals surface area contributed by atoms with E-state index in [0.717, 1.165) is 24.1 Å². The molecule has 1 N–H and O–H groups in total. The van der Waals surface area contributed by atoms with Crippen LogP contribution in [0.1, 0.15) is 31.4 Å². The van der Waals surface area contributed by atoms with Gasteiger partial charge in [-0.15, -0.1) is 0 Å². The lowest BCUT2D eigenvalue weighted by atomic mass is 9.97. The van der Waals surface area contributed by atoms with Crippen molar-refractivity contribution < 1.29 is 9.94 Å². The first-order valence-corrected chi connectivity index (χ1v) is 6.17. The highest BCUT2D eigenvalue weighted by Gasteiger charge is 2.32. The maximum absolute atomic E-state index is 9.81. The second-order valence-corrected chi connectivity index (χ2v) is 4.73. The van der Waals surface area contributed by atoms with Crippen molar-refractivity contribution >= 4 is 5.69 Å². The molecule has 17 heavy (non-hydrogen) atoms. The predicted molar refractivity (Wildman–Crippen MR) is 66.6 cm³/mol. The molecule has 1 fully saturated rings. The molecule has 3 nitrogen and oxygen atoms in total. The van der Waals surface area contributed by atoms with Gasteiger partial charge in [-0.25, -0.2) is 5.06 Å². The molecule has 3 atom stereocenters. The minimum absolute atomic E-state index is 0.196. The molecule has 2 bridgehead atoms. The van der Waals surface area contributed by atoms with E-state index < -0.39 is 6.10 Å². The number of rotatable bonds is 2. The minimum Gasteiger partial charge on any atom is -0.389 e. The van der Waals surface area contributed by atoms with E-state index in [1.165, 1.54) is 0 Å². The molecule has 2 heterocycles. The Morgan fingerprint density at radius 2 is 2.12 bits per heavy atom. The quantitative estimate of drug-likeness (QED) is 0.794. The van der Waals surface area contributed by atoms with Crippen LogP contribution in [-0.4, -0.2) is 17.3 Å². The van der Waals surface area contributed by atoms with Crippen molar-refractivity contribution in [2.45, 2.75) is 38.0 Å². The van der Waals surface area contributed by atoms with E-state index in [0.29, 0.717) is 6.04 Å². The highest BCUT2D eigenvalue weighted by molar-refractivity contribution is 5.54. The number of nitrogens with zero attached hydrogens (tertiary/aromatic N) is 1. The van der Waals surface area contributed by atoms with E-state index >= 15 is 0 Å². The molecule has 0 radical (unpaired) electrons. The Hall–Kier alpha value is -1.32. The average molecular weight is 231 g/mol. The summed E-state index contributed by atoms with van der Waals surface area (Å²) < 4.78 is 0. The highest BCUT2D eigenvalue weighted by Crippen LogP contribution is 2.35. The normalized spacial score (nSPS) is 28.5. The third kappa shape index (κ3) is 1.85. The summed E-state index contributed by atoms with van der Waals surface area (Å²) in [6.07, 6.45) is 6.27. The Morgan fingerprint density at radius 3 is 2.71 bits per heavy atom. The molecule has 90 valence electrons. The van der Waals surface area contributed by atoms with Crippen molar-refractivity contribution in [1.82, 2.24) is 0 Å². The second-order valence-electron chi connectivity index (χ2n) is 4.73. The van der Waals surface area contributed by atoms with Crippen LogP contribution in [0.2, 0.25) is 0 Å². The predicted octanol–water partition coefficient (Wildman–Crippen LogP) is 2.58. The SMILES string of the molecule is C[C@@H](O)c1ccccc1N1O[C@H]2C=C[C@@H]1CC2. The lowest BCUT2D eigenvalue weighted by molar-refractivity contribution is 0.00260. The zero-order valence-corrected chi connectivity index (χ0v) is 9.91. The van der Waals surface area contributed by atoms with E-state index in [1.54, 1.807) is 6.92 Å². The summed E-state index contributed by atoms with van der Waals surface area (Å²) in [5.41, 5.74) is 1.91. The van der Waals surface area contributed by atoms with Crippen LogP contribution in [0.5, 0.6) is 0 Å². The van der Waals surface area contributed by atoms with Crippen LogP contribution < -0.4 is 5.06 Å². The topological polar surface area (TPSA) is 32.7 Å². The van der Waals surface area contributed by atoms with E-state index in [2.05, 4.69) is 12.2 Å². The summed E-state index contributed by atoms with van der Waals surface area (Å²) >= 11 is 0. The summed E-state index contributed by atoms with van der Waals surface area (Å²) in [7, 11) is 0. The van der Waals surface area contributed by atoms with Gasteiger partial charge in [-0.2, -0.15) is 0 Å². The first kappa shape index (κ1) is 10.8. The number of anilines is 1. The van der Waals surface area contributed by atoms with Gasteiger partial charge in [-0.1, -0.05) is 30.4 Å². The molecule has 0 aromatic heterocycles. The average Bonchev–Trinajstić information content (AvgIpc) is 2.40. The molecule has 2 aliphatic heterocycles. The van der Waals surface area contributed by atoms with Gasteiger partial charge in [-0.3, -0.25) is 4.84 Å². The van der Waals surface area contributed by atoms with Crippen molar-refractivity contribution in [3.8, 4) is 0 Å². The zero-order valence-electron chi connectivity index (χ0n) is 9.91. The lowest BCUT2D eigenvalue weighted by Crippen LogP contribution is -2.46. The molecule has 1 aliphatic carbocycles. The fraction of sp³-hybridized carbons (Fsp3) is 0.429. The van der Waals surface area contributed by atoms with Crippen LogP contribution in [0.3, 0.4) is 0 Å². The van der Waals surface area contributed by atoms with Crippen LogP contribution in [0.25, 0.3) is 0 Å². The summed E-state index contributed by atoms with van der Waals surface area (Å²) in [6.45, 7) is 1.79. The van der Waals surface area contributed by atoms with E-state index in [4.69, 9.17) is 4.84 Å². The number of fused-ring (bicyclic) bond motifs is 2. The largest absolute Gasteiger partial charge is 0.389 e. The number of hydrogen-bond acceptors (Lipinski definition) is 3. The standard InChI is InChI=1S/C14H17NO2/c1-10(16)13-4-2-3-5-14(13)15-11-6-8-12(17-15)9-7-11/h2-6,8,10-12,16H,7,9H2,1H3/t10-,11-,12+/m1/s1. The van der Waals surface area contributed by atoms with Gasteiger partial charge in [0.05, 0.1) is 17.8 Å². The van der Waals surface area contributed by atoms with Gasteiger partial charge >= 0.3 is 0 Å².